The largest absolute Gasteiger partial charge is 0.368 e. The van der Waals surface area contributed by atoms with Gasteiger partial charge in [-0.2, -0.15) is 0 Å². The Hall–Kier alpha value is -0.313. The van der Waals surface area contributed by atoms with E-state index in [1.165, 1.54) is 16.4 Å². The summed E-state index contributed by atoms with van der Waals surface area (Å²) in [6.07, 6.45) is 1.17. The van der Waals surface area contributed by atoms with Gasteiger partial charge in [0.2, 0.25) is 0 Å². The summed E-state index contributed by atoms with van der Waals surface area (Å²) in [6, 6.07) is 0. The summed E-state index contributed by atoms with van der Waals surface area (Å²) in [6.45, 7) is 2.03. The Balaban J connectivity index is 3.63. The fourth-order valence-electron chi connectivity index (χ4n) is 0.400. The number of hydrogen-bond acceptors (Lipinski definition) is 1. The summed E-state index contributed by atoms with van der Waals surface area (Å²) in [5.74, 6) is 1.13. The van der Waals surface area contributed by atoms with Gasteiger partial charge in [-0.15, -0.1) is 0 Å². The van der Waals surface area contributed by atoms with Gasteiger partial charge >= 0.3 is 0 Å². The van der Waals surface area contributed by atoms with Gasteiger partial charge in [0.15, 0.2) is 0 Å². The van der Waals surface area contributed by atoms with Crippen molar-refractivity contribution < 1.29 is 0 Å². The summed E-state index contributed by atoms with van der Waals surface area (Å²) in [7, 11) is 5.11. The highest BCUT2D eigenvalue weighted by Crippen LogP contribution is 1.80. The summed E-state index contributed by atoms with van der Waals surface area (Å²) in [4.78, 5) is 6.18. The molecule has 0 spiro atoms. The molecule has 0 rings (SSSR count). The lowest BCUT2D eigenvalue weighted by Gasteiger charge is -2.14. The quantitative estimate of drug-likeness (QED) is 0.260. The maximum atomic E-state index is 4.02. The molecule has 0 bridgehead atoms. The lowest BCUT2D eigenvalue weighted by molar-refractivity contribution is 0.588. The monoisotopic (exact) mass is 130 g/mol. The molecule has 0 unspecified atom stereocenters. The van der Waals surface area contributed by atoms with Crippen molar-refractivity contribution in [2.45, 2.75) is 6.92 Å². The molecule has 0 aliphatic heterocycles. The van der Waals surface area contributed by atoms with E-state index in [1.54, 1.807) is 0 Å². The van der Waals surface area contributed by atoms with Crippen molar-refractivity contribution in [3.05, 3.63) is 0 Å². The van der Waals surface area contributed by atoms with Gasteiger partial charge in [-0.25, -0.2) is 0 Å². The van der Waals surface area contributed by atoms with E-state index in [2.05, 4.69) is 16.9 Å². The second kappa shape index (κ2) is 3.66. The predicted octanol–water partition coefficient (Wildman–Crippen LogP) is -0.711. The van der Waals surface area contributed by atoms with Gasteiger partial charge < -0.3 is 4.90 Å². The lowest BCUT2D eigenvalue weighted by atomic mass is 10.6. The first-order chi connectivity index (χ1) is 3.72. The minimum atomic E-state index is 1.13. The summed E-state index contributed by atoms with van der Waals surface area (Å²) in [5, 5.41) is 0. The molecule has 0 aromatic rings. The first-order valence-electron chi connectivity index (χ1n) is 2.86. The van der Waals surface area contributed by atoms with Crippen LogP contribution in [0.1, 0.15) is 6.92 Å². The molecule has 0 N–H and O–H groups in total. The number of amidine groups is 1. The summed E-state index contributed by atoms with van der Waals surface area (Å²) in [5.41, 5.74) is 0. The highest BCUT2D eigenvalue weighted by atomic mass is 28.1. The average Bonchev–Trinajstić information content (AvgIpc) is 1.84. The van der Waals surface area contributed by atoms with Gasteiger partial charge in [-0.1, -0.05) is 0 Å². The van der Waals surface area contributed by atoms with E-state index in [1.807, 2.05) is 14.0 Å². The molecule has 3 heteroatoms. The summed E-state index contributed by atoms with van der Waals surface area (Å²) >= 11 is 0. The molecular formula is C5H14N2Si. The molecule has 0 aromatic carbocycles. The Bertz CT molecular complexity index is 90.4. The van der Waals surface area contributed by atoms with Crippen LogP contribution in [0.2, 0.25) is 0 Å². The van der Waals surface area contributed by atoms with Crippen LogP contribution < -0.4 is 0 Å². The fourth-order valence-corrected chi connectivity index (χ4v) is 0.857. The van der Waals surface area contributed by atoms with Crippen molar-refractivity contribution in [3.63, 3.8) is 0 Å². The molecule has 0 aliphatic rings. The summed E-state index contributed by atoms with van der Waals surface area (Å²) < 4.78 is 0. The first kappa shape index (κ1) is 7.69. The predicted molar refractivity (Wildman–Crippen MR) is 41.6 cm³/mol. The molecule has 48 valence electrons. The molecule has 0 fully saturated rings. The van der Waals surface area contributed by atoms with Gasteiger partial charge in [0, 0.05) is 30.5 Å². The van der Waals surface area contributed by atoms with Crippen LogP contribution in [-0.4, -0.2) is 41.2 Å². The number of aliphatic imine (C=N–C) groups is 1. The van der Waals surface area contributed by atoms with Crippen molar-refractivity contribution in [3.8, 4) is 0 Å². The number of rotatable bonds is 1. The normalized spacial score (nSPS) is 12.1. The van der Waals surface area contributed by atoms with E-state index < -0.39 is 0 Å². The molecule has 0 saturated heterocycles. The molecule has 0 heterocycles. The fraction of sp³-hybridized carbons (Fsp3) is 0.800. The Morgan fingerprint density at radius 2 is 2.25 bits per heavy atom. The topological polar surface area (TPSA) is 15.6 Å². The average molecular weight is 130 g/mol. The minimum Gasteiger partial charge on any atom is -0.368 e. The first-order valence-corrected chi connectivity index (χ1v) is 4.28. The maximum Gasteiger partial charge on any atom is 0.0948 e. The lowest BCUT2D eigenvalue weighted by Crippen LogP contribution is -2.25. The minimum absolute atomic E-state index is 1.13. The van der Waals surface area contributed by atoms with Crippen LogP contribution in [0, 0.1) is 0 Å². The van der Waals surface area contributed by atoms with E-state index in [-0.39, 0.29) is 0 Å². The zero-order chi connectivity index (χ0) is 6.57. The molecule has 0 saturated carbocycles. The zero-order valence-electron chi connectivity index (χ0n) is 6.10. The van der Waals surface area contributed by atoms with Gasteiger partial charge in [0.05, 0.1) is 5.84 Å². The standard InChI is InChI=1S/C5H14N2Si/c1-5(6-2)7(3)4-8/h4H2,1-3,8H3/b6-5+. The van der Waals surface area contributed by atoms with Crippen LogP contribution in [0.5, 0.6) is 0 Å². The smallest absolute Gasteiger partial charge is 0.0948 e. The molecular weight excluding hydrogens is 116 g/mol. The molecule has 0 radical (unpaired) electrons. The van der Waals surface area contributed by atoms with Crippen LogP contribution in [0.4, 0.5) is 0 Å². The van der Waals surface area contributed by atoms with Gasteiger partial charge in [-0.05, 0) is 6.92 Å². The van der Waals surface area contributed by atoms with Crippen molar-refractivity contribution in [2.75, 3.05) is 20.3 Å². The van der Waals surface area contributed by atoms with E-state index in [4.69, 9.17) is 0 Å². The van der Waals surface area contributed by atoms with Crippen LogP contribution in [0.15, 0.2) is 4.99 Å². The van der Waals surface area contributed by atoms with E-state index in [0.717, 1.165) is 5.84 Å². The van der Waals surface area contributed by atoms with Gasteiger partial charge in [0.25, 0.3) is 0 Å². The zero-order valence-corrected chi connectivity index (χ0v) is 8.10. The maximum absolute atomic E-state index is 4.02. The van der Waals surface area contributed by atoms with E-state index >= 15 is 0 Å². The third kappa shape index (κ3) is 2.11. The SMILES string of the molecule is C/N=C(\C)N(C)C[SiH3]. The van der Waals surface area contributed by atoms with E-state index in [0.29, 0.717) is 0 Å². The highest BCUT2D eigenvalue weighted by molar-refractivity contribution is 6.10. The molecule has 8 heavy (non-hydrogen) atoms. The van der Waals surface area contributed by atoms with E-state index in [9.17, 15) is 0 Å². The second-order valence-corrected chi connectivity index (χ2v) is 2.42. The molecule has 2 nitrogen and oxygen atoms in total. The second-order valence-electron chi connectivity index (χ2n) is 1.78. The van der Waals surface area contributed by atoms with Crippen molar-refractivity contribution in [2.24, 2.45) is 4.99 Å². The molecule has 0 amide bonds. The number of hydrogen-bond donors (Lipinski definition) is 0. The number of nitrogens with zero attached hydrogens (tertiary/aromatic N) is 2. The molecule has 0 aliphatic carbocycles. The Kier molecular flexibility index (Phi) is 3.52. The Morgan fingerprint density at radius 1 is 1.75 bits per heavy atom. The van der Waals surface area contributed by atoms with Crippen molar-refractivity contribution in [1.29, 1.82) is 0 Å². The third-order valence-electron chi connectivity index (χ3n) is 1.35. The van der Waals surface area contributed by atoms with Crippen molar-refractivity contribution in [1.82, 2.24) is 4.90 Å². The molecule has 0 atom stereocenters. The Labute approximate surface area is 54.0 Å². The Morgan fingerprint density at radius 3 is 2.38 bits per heavy atom. The molecule has 0 aromatic heterocycles. The highest BCUT2D eigenvalue weighted by Gasteiger charge is 1.91. The van der Waals surface area contributed by atoms with Crippen LogP contribution in [0.25, 0.3) is 0 Å². The van der Waals surface area contributed by atoms with Gasteiger partial charge in [-0.3, -0.25) is 4.99 Å². The van der Waals surface area contributed by atoms with Crippen molar-refractivity contribution >= 4 is 16.1 Å². The third-order valence-corrected chi connectivity index (χ3v) is 2.30. The van der Waals surface area contributed by atoms with Crippen LogP contribution in [-0.2, 0) is 0 Å². The van der Waals surface area contributed by atoms with Crippen LogP contribution in [0.3, 0.4) is 0 Å². The van der Waals surface area contributed by atoms with Gasteiger partial charge in [0.1, 0.15) is 0 Å². The van der Waals surface area contributed by atoms with Crippen LogP contribution >= 0.6 is 0 Å².